The number of nitrogens with one attached hydrogen (secondary N) is 1. The lowest BCUT2D eigenvalue weighted by Gasteiger charge is -2.10. The molecular weight excluding hydrogens is 397 g/mol. The van der Waals surface area contributed by atoms with Crippen molar-refractivity contribution in [2.75, 3.05) is 19.5 Å². The highest BCUT2D eigenvalue weighted by Gasteiger charge is 2.16. The van der Waals surface area contributed by atoms with Crippen LogP contribution in [0.4, 0.5) is 10.1 Å². The number of amides is 1. The van der Waals surface area contributed by atoms with Crippen LogP contribution in [0.1, 0.15) is 0 Å². The van der Waals surface area contributed by atoms with Gasteiger partial charge in [-0.05, 0) is 12.1 Å². The van der Waals surface area contributed by atoms with Crippen molar-refractivity contribution >= 4 is 43.2 Å². The number of methoxy groups -OCH3 is 2. The first kappa shape index (κ1) is 18.9. The Morgan fingerprint density at radius 2 is 1.93 bits per heavy atom. The first-order chi connectivity index (χ1) is 14.0. The van der Waals surface area contributed by atoms with E-state index in [2.05, 4.69) is 10.3 Å². The average molecular weight is 413 g/mol. The van der Waals surface area contributed by atoms with Gasteiger partial charge in [0.1, 0.15) is 28.6 Å². The van der Waals surface area contributed by atoms with Gasteiger partial charge in [0, 0.05) is 28.6 Å². The molecule has 0 unspecified atom stereocenters. The van der Waals surface area contributed by atoms with E-state index < -0.39 is 17.3 Å². The highest BCUT2D eigenvalue weighted by Crippen LogP contribution is 2.32. The van der Waals surface area contributed by atoms with Crippen molar-refractivity contribution < 1.29 is 18.7 Å². The summed E-state index contributed by atoms with van der Waals surface area (Å²) in [7, 11) is 3.02. The summed E-state index contributed by atoms with van der Waals surface area (Å²) in [4.78, 5) is 29.5. The van der Waals surface area contributed by atoms with Crippen molar-refractivity contribution in [3.63, 3.8) is 0 Å². The maximum Gasteiger partial charge on any atom is 0.271 e. The Balaban J connectivity index is 1.63. The fourth-order valence-electron chi connectivity index (χ4n) is 3.02. The molecule has 0 radical (unpaired) electrons. The summed E-state index contributed by atoms with van der Waals surface area (Å²) < 4.78 is 26.6. The number of halogens is 1. The van der Waals surface area contributed by atoms with Gasteiger partial charge in [0.05, 0.1) is 31.4 Å². The van der Waals surface area contributed by atoms with Crippen LogP contribution in [0, 0.1) is 5.82 Å². The molecular formula is C20H16FN3O4S. The summed E-state index contributed by atoms with van der Waals surface area (Å²) in [5.41, 5.74) is 0.383. The van der Waals surface area contributed by atoms with Crippen molar-refractivity contribution in [3.05, 3.63) is 58.9 Å². The zero-order chi connectivity index (χ0) is 20.5. The molecule has 7 nitrogen and oxygen atoms in total. The lowest BCUT2D eigenvalue weighted by molar-refractivity contribution is -0.116. The highest BCUT2D eigenvalue weighted by molar-refractivity contribution is 7.25. The van der Waals surface area contributed by atoms with Gasteiger partial charge in [-0.2, -0.15) is 0 Å². The lowest BCUT2D eigenvalue weighted by atomic mass is 10.2. The molecule has 148 valence electrons. The Kier molecular flexibility index (Phi) is 4.89. The molecule has 0 bridgehead atoms. The van der Waals surface area contributed by atoms with Crippen LogP contribution in [0.2, 0.25) is 0 Å². The SMILES string of the molecule is COc1cc(NC(=O)Cn2cnc3c(sc4cccc(F)c43)c2=O)cc(OC)c1. The standard InChI is InChI=1S/C20H16FN3O4S/c1-27-12-6-11(7-13(8-12)28-2)23-16(25)9-24-10-22-18-17-14(21)4-3-5-15(17)29-19(18)20(24)26/h3-8,10H,9H2,1-2H3,(H,23,25). The van der Waals surface area contributed by atoms with Gasteiger partial charge in [-0.3, -0.25) is 14.2 Å². The van der Waals surface area contributed by atoms with E-state index in [1.807, 2.05) is 0 Å². The van der Waals surface area contributed by atoms with E-state index in [9.17, 15) is 14.0 Å². The number of nitrogens with zero attached hydrogens (tertiary/aromatic N) is 2. The summed E-state index contributed by atoms with van der Waals surface area (Å²) in [5.74, 6) is 0.193. The van der Waals surface area contributed by atoms with Crippen molar-refractivity contribution in [1.29, 1.82) is 0 Å². The molecule has 1 N–H and O–H groups in total. The third-order valence-corrected chi connectivity index (χ3v) is 5.50. The van der Waals surface area contributed by atoms with E-state index in [1.54, 1.807) is 30.3 Å². The van der Waals surface area contributed by atoms with Crippen molar-refractivity contribution in [3.8, 4) is 11.5 Å². The van der Waals surface area contributed by atoms with E-state index >= 15 is 0 Å². The largest absolute Gasteiger partial charge is 0.497 e. The minimum Gasteiger partial charge on any atom is -0.497 e. The first-order valence-corrected chi connectivity index (χ1v) is 9.41. The number of rotatable bonds is 5. The van der Waals surface area contributed by atoms with Crippen LogP contribution in [-0.4, -0.2) is 29.7 Å². The first-order valence-electron chi connectivity index (χ1n) is 8.59. The predicted octanol–water partition coefficient (Wildman–Crippen LogP) is 3.41. The van der Waals surface area contributed by atoms with E-state index in [0.29, 0.717) is 37.5 Å². The Morgan fingerprint density at radius 3 is 2.62 bits per heavy atom. The highest BCUT2D eigenvalue weighted by atomic mass is 32.1. The van der Waals surface area contributed by atoms with E-state index in [1.165, 1.54) is 31.2 Å². The molecule has 0 aliphatic heterocycles. The van der Waals surface area contributed by atoms with Crippen LogP contribution in [-0.2, 0) is 11.3 Å². The molecule has 29 heavy (non-hydrogen) atoms. The van der Waals surface area contributed by atoms with Crippen molar-refractivity contribution in [2.45, 2.75) is 6.54 Å². The van der Waals surface area contributed by atoms with E-state index in [-0.39, 0.29) is 6.54 Å². The third kappa shape index (κ3) is 3.52. The number of anilines is 1. The molecule has 2 aromatic heterocycles. The maximum atomic E-state index is 14.1. The van der Waals surface area contributed by atoms with Gasteiger partial charge in [-0.1, -0.05) is 6.07 Å². The van der Waals surface area contributed by atoms with E-state index in [4.69, 9.17) is 9.47 Å². The molecule has 0 spiro atoms. The molecule has 0 aliphatic carbocycles. The topological polar surface area (TPSA) is 82.5 Å². The Bertz CT molecular complexity index is 1280. The molecule has 4 rings (SSSR count). The van der Waals surface area contributed by atoms with Gasteiger partial charge in [-0.25, -0.2) is 9.37 Å². The van der Waals surface area contributed by atoms with Crippen LogP contribution in [0.25, 0.3) is 20.3 Å². The fraction of sp³-hybridized carbons (Fsp3) is 0.150. The van der Waals surface area contributed by atoms with Gasteiger partial charge < -0.3 is 14.8 Å². The Labute approximate surface area is 168 Å². The number of benzene rings is 2. The van der Waals surface area contributed by atoms with Gasteiger partial charge in [0.25, 0.3) is 5.56 Å². The van der Waals surface area contributed by atoms with Crippen molar-refractivity contribution in [1.82, 2.24) is 9.55 Å². The smallest absolute Gasteiger partial charge is 0.271 e. The van der Waals surface area contributed by atoms with Crippen molar-refractivity contribution in [2.24, 2.45) is 0 Å². The summed E-state index contributed by atoms with van der Waals surface area (Å²) in [6.45, 7) is -0.238. The summed E-state index contributed by atoms with van der Waals surface area (Å²) >= 11 is 1.16. The summed E-state index contributed by atoms with van der Waals surface area (Å²) in [6.07, 6.45) is 1.26. The second-order valence-electron chi connectivity index (χ2n) is 6.22. The second-order valence-corrected chi connectivity index (χ2v) is 7.27. The minimum atomic E-state index is -0.428. The number of aromatic nitrogens is 2. The second kappa shape index (κ2) is 7.51. The normalized spacial score (nSPS) is 11.0. The molecule has 0 aliphatic rings. The number of ether oxygens (including phenoxy) is 2. The van der Waals surface area contributed by atoms with Gasteiger partial charge in [-0.15, -0.1) is 11.3 Å². The number of hydrogen-bond donors (Lipinski definition) is 1. The Hall–Kier alpha value is -3.46. The third-order valence-electron chi connectivity index (χ3n) is 4.37. The Morgan fingerprint density at radius 1 is 1.21 bits per heavy atom. The van der Waals surface area contributed by atoms with Gasteiger partial charge in [0.2, 0.25) is 5.91 Å². The number of carbonyl (C=O) groups excluding carboxylic acids is 1. The number of fused-ring (bicyclic) bond motifs is 3. The molecule has 0 atom stereocenters. The molecule has 0 fully saturated rings. The van der Waals surface area contributed by atoms with Crippen LogP contribution in [0.15, 0.2) is 47.5 Å². The number of hydrogen-bond acceptors (Lipinski definition) is 6. The summed E-state index contributed by atoms with van der Waals surface area (Å²) in [6, 6.07) is 9.60. The zero-order valence-corrected chi connectivity index (χ0v) is 16.4. The van der Waals surface area contributed by atoms with Gasteiger partial charge >= 0.3 is 0 Å². The van der Waals surface area contributed by atoms with Crippen LogP contribution in [0.5, 0.6) is 11.5 Å². The predicted molar refractivity (Wildman–Crippen MR) is 110 cm³/mol. The lowest BCUT2D eigenvalue weighted by Crippen LogP contribution is -2.27. The molecule has 0 saturated heterocycles. The van der Waals surface area contributed by atoms with Crippen LogP contribution >= 0.6 is 11.3 Å². The molecule has 2 heterocycles. The van der Waals surface area contributed by atoms with Crippen LogP contribution < -0.4 is 20.3 Å². The minimum absolute atomic E-state index is 0.238. The van der Waals surface area contributed by atoms with Gasteiger partial charge in [0.15, 0.2) is 0 Å². The zero-order valence-electron chi connectivity index (χ0n) is 15.6. The summed E-state index contributed by atoms with van der Waals surface area (Å²) in [5, 5.41) is 3.03. The average Bonchev–Trinajstić information content (AvgIpc) is 3.10. The molecule has 4 aromatic rings. The quantitative estimate of drug-likeness (QED) is 0.542. The van der Waals surface area contributed by atoms with E-state index in [0.717, 1.165) is 11.3 Å². The number of carbonyl (C=O) groups is 1. The molecule has 0 saturated carbocycles. The maximum absolute atomic E-state index is 14.1. The fourth-order valence-corrected chi connectivity index (χ4v) is 4.14. The monoisotopic (exact) mass is 413 g/mol. The molecule has 1 amide bonds. The molecule has 2 aromatic carbocycles. The molecule has 9 heteroatoms. The van der Waals surface area contributed by atoms with Crippen LogP contribution in [0.3, 0.4) is 0 Å². The number of thiophene rings is 1.